The van der Waals surface area contributed by atoms with E-state index < -0.39 is 35.7 Å². The Labute approximate surface area is 158 Å². The van der Waals surface area contributed by atoms with Gasteiger partial charge in [-0.3, -0.25) is 14.4 Å². The van der Waals surface area contributed by atoms with Crippen LogP contribution in [0.1, 0.15) is 6.42 Å². The van der Waals surface area contributed by atoms with Gasteiger partial charge in [0.1, 0.15) is 5.75 Å². The molecule has 1 aromatic rings. The number of esters is 4. The van der Waals surface area contributed by atoms with Gasteiger partial charge in [-0.15, -0.1) is 0 Å². The first-order valence-electron chi connectivity index (χ1n) is 7.13. The van der Waals surface area contributed by atoms with Crippen molar-refractivity contribution in [1.82, 2.24) is 0 Å². The van der Waals surface area contributed by atoms with Crippen LogP contribution in [-0.4, -0.2) is 45.2 Å². The van der Waals surface area contributed by atoms with Crippen LogP contribution in [0.25, 0.3) is 0 Å². The third kappa shape index (κ3) is 4.48. The van der Waals surface area contributed by atoms with E-state index in [2.05, 4.69) is 36.7 Å². The van der Waals surface area contributed by atoms with Gasteiger partial charge in [-0.25, -0.2) is 4.79 Å². The van der Waals surface area contributed by atoms with Crippen LogP contribution in [0.3, 0.4) is 0 Å². The molecule has 0 amide bonds. The predicted molar refractivity (Wildman–Crippen MR) is 92.0 cm³/mol. The molecule has 26 heavy (non-hydrogen) atoms. The molecule has 0 atom stereocenters. The van der Waals surface area contributed by atoms with Crippen LogP contribution >= 0.6 is 15.9 Å². The van der Waals surface area contributed by atoms with Crippen molar-refractivity contribution in [2.45, 2.75) is 6.42 Å². The molecule has 0 bridgehead atoms. The standard InChI is InChI=1S/C17H17BrO8/c1-10(13(19)26-12-7-5-11(18)6-8-12)9-17(14(20)23-2,15(21)24-3)16(22)25-4/h5-8H,1,9H2,2-4H3. The second-order valence-electron chi connectivity index (χ2n) is 5.00. The van der Waals surface area contributed by atoms with Crippen LogP contribution in [0, 0.1) is 5.41 Å². The van der Waals surface area contributed by atoms with Gasteiger partial charge in [-0.1, -0.05) is 22.5 Å². The quantitative estimate of drug-likeness (QED) is 0.213. The number of rotatable bonds is 7. The Bertz CT molecular complexity index is 682. The molecule has 0 saturated heterocycles. The van der Waals surface area contributed by atoms with E-state index in [1.165, 1.54) is 12.1 Å². The van der Waals surface area contributed by atoms with Gasteiger partial charge in [0, 0.05) is 16.5 Å². The summed E-state index contributed by atoms with van der Waals surface area (Å²) in [5.74, 6) is -4.45. The molecule has 0 aliphatic rings. The van der Waals surface area contributed by atoms with E-state index in [1.54, 1.807) is 12.1 Å². The van der Waals surface area contributed by atoms with Crippen molar-refractivity contribution >= 4 is 39.8 Å². The maximum absolute atomic E-state index is 12.2. The van der Waals surface area contributed by atoms with Crippen LogP contribution in [0.5, 0.6) is 5.75 Å². The average Bonchev–Trinajstić information content (AvgIpc) is 2.65. The number of carbonyl (C=O) groups excluding carboxylic acids is 4. The fourth-order valence-electron chi connectivity index (χ4n) is 2.06. The summed E-state index contributed by atoms with van der Waals surface area (Å²) < 4.78 is 19.5. The van der Waals surface area contributed by atoms with Gasteiger partial charge in [0.25, 0.3) is 5.41 Å². The highest BCUT2D eigenvalue weighted by molar-refractivity contribution is 9.10. The van der Waals surface area contributed by atoms with E-state index >= 15 is 0 Å². The topological polar surface area (TPSA) is 105 Å². The Morgan fingerprint density at radius 1 is 0.923 bits per heavy atom. The van der Waals surface area contributed by atoms with E-state index in [4.69, 9.17) is 4.74 Å². The van der Waals surface area contributed by atoms with Gasteiger partial charge in [0.15, 0.2) is 0 Å². The minimum absolute atomic E-state index is 0.208. The minimum Gasteiger partial charge on any atom is -0.468 e. The Balaban J connectivity index is 3.12. The lowest BCUT2D eigenvalue weighted by Crippen LogP contribution is -2.49. The molecule has 8 nitrogen and oxygen atoms in total. The highest BCUT2D eigenvalue weighted by Gasteiger charge is 2.57. The number of halogens is 1. The molecule has 0 N–H and O–H groups in total. The van der Waals surface area contributed by atoms with Gasteiger partial charge in [0.05, 0.1) is 21.3 Å². The fraction of sp³-hybridized carbons (Fsp3) is 0.294. The largest absolute Gasteiger partial charge is 0.468 e. The zero-order valence-corrected chi connectivity index (χ0v) is 16.0. The summed E-state index contributed by atoms with van der Waals surface area (Å²) in [7, 11) is 2.93. The SMILES string of the molecule is C=C(CC(C(=O)OC)(C(=O)OC)C(=O)OC)C(=O)Oc1ccc(Br)cc1. The maximum Gasteiger partial charge on any atom is 0.338 e. The van der Waals surface area contributed by atoms with Crippen LogP contribution < -0.4 is 4.74 Å². The zero-order valence-electron chi connectivity index (χ0n) is 14.4. The van der Waals surface area contributed by atoms with Crippen molar-refractivity contribution in [2.24, 2.45) is 5.41 Å². The summed E-state index contributed by atoms with van der Waals surface area (Å²) in [5.41, 5.74) is -2.84. The Hall–Kier alpha value is -2.68. The van der Waals surface area contributed by atoms with Crippen molar-refractivity contribution in [3.63, 3.8) is 0 Å². The van der Waals surface area contributed by atoms with Gasteiger partial charge in [-0.2, -0.15) is 0 Å². The highest BCUT2D eigenvalue weighted by Crippen LogP contribution is 2.32. The molecule has 9 heteroatoms. The van der Waals surface area contributed by atoms with Gasteiger partial charge in [-0.05, 0) is 24.3 Å². The molecule has 0 fully saturated rings. The molecule has 0 unspecified atom stereocenters. The van der Waals surface area contributed by atoms with E-state index in [9.17, 15) is 19.2 Å². The van der Waals surface area contributed by atoms with Crippen molar-refractivity contribution in [2.75, 3.05) is 21.3 Å². The summed E-state index contributed by atoms with van der Waals surface area (Å²) in [6.07, 6.45) is -0.728. The number of benzene rings is 1. The van der Waals surface area contributed by atoms with Gasteiger partial charge >= 0.3 is 23.9 Å². The number of ether oxygens (including phenoxy) is 4. The summed E-state index contributed by atoms with van der Waals surface area (Å²) >= 11 is 3.24. The monoisotopic (exact) mass is 428 g/mol. The zero-order chi connectivity index (χ0) is 19.9. The first-order chi connectivity index (χ1) is 12.2. The molecule has 140 valence electrons. The van der Waals surface area contributed by atoms with Crippen molar-refractivity contribution < 1.29 is 38.1 Å². The lowest BCUT2D eigenvalue weighted by molar-refractivity contribution is -0.180. The first-order valence-corrected chi connectivity index (χ1v) is 7.93. The molecule has 1 aromatic carbocycles. The lowest BCUT2D eigenvalue weighted by atomic mass is 9.81. The molecular formula is C17H17BrO8. The summed E-state index contributed by atoms with van der Waals surface area (Å²) in [6, 6.07) is 6.33. The van der Waals surface area contributed by atoms with Crippen molar-refractivity contribution in [3.05, 3.63) is 40.9 Å². The number of hydrogen-bond acceptors (Lipinski definition) is 8. The van der Waals surface area contributed by atoms with Crippen LogP contribution in [-0.2, 0) is 33.4 Å². The predicted octanol–water partition coefficient (Wildman–Crippen LogP) is 1.81. The average molecular weight is 429 g/mol. The number of carbonyl (C=O) groups is 4. The van der Waals surface area contributed by atoms with E-state index in [0.717, 1.165) is 25.8 Å². The van der Waals surface area contributed by atoms with Gasteiger partial charge < -0.3 is 18.9 Å². The van der Waals surface area contributed by atoms with Crippen LogP contribution in [0.2, 0.25) is 0 Å². The second kappa shape index (κ2) is 9.14. The normalized spacial score (nSPS) is 10.5. The molecule has 0 spiro atoms. The summed E-state index contributed by atoms with van der Waals surface area (Å²) in [4.78, 5) is 48.7. The fourth-order valence-corrected chi connectivity index (χ4v) is 2.33. The molecule has 0 radical (unpaired) electrons. The minimum atomic E-state index is -2.52. The third-order valence-corrected chi connectivity index (χ3v) is 3.92. The smallest absolute Gasteiger partial charge is 0.338 e. The highest BCUT2D eigenvalue weighted by atomic mass is 79.9. The van der Waals surface area contributed by atoms with Crippen LogP contribution in [0.15, 0.2) is 40.9 Å². The van der Waals surface area contributed by atoms with E-state index in [0.29, 0.717) is 0 Å². The lowest BCUT2D eigenvalue weighted by Gasteiger charge is -2.25. The summed E-state index contributed by atoms with van der Waals surface area (Å²) in [5, 5.41) is 0. The van der Waals surface area contributed by atoms with E-state index in [-0.39, 0.29) is 11.3 Å². The van der Waals surface area contributed by atoms with Crippen molar-refractivity contribution in [3.8, 4) is 5.75 Å². The molecule has 0 heterocycles. The molecular weight excluding hydrogens is 412 g/mol. The Morgan fingerprint density at radius 2 is 1.35 bits per heavy atom. The van der Waals surface area contributed by atoms with Crippen molar-refractivity contribution in [1.29, 1.82) is 0 Å². The van der Waals surface area contributed by atoms with Gasteiger partial charge in [0.2, 0.25) is 0 Å². The second-order valence-corrected chi connectivity index (χ2v) is 5.92. The third-order valence-electron chi connectivity index (χ3n) is 3.39. The molecule has 0 saturated carbocycles. The molecule has 0 aromatic heterocycles. The maximum atomic E-state index is 12.2. The molecule has 0 aliphatic heterocycles. The van der Waals surface area contributed by atoms with E-state index in [1.807, 2.05) is 0 Å². The summed E-state index contributed by atoms with van der Waals surface area (Å²) in [6.45, 7) is 3.50. The Kier molecular flexibility index (Phi) is 7.51. The molecule has 1 rings (SSSR count). The first kappa shape index (κ1) is 21.4. The Morgan fingerprint density at radius 3 is 1.73 bits per heavy atom. The number of hydrogen-bond donors (Lipinski definition) is 0. The molecule has 0 aliphatic carbocycles. The van der Waals surface area contributed by atoms with Crippen LogP contribution in [0.4, 0.5) is 0 Å². The number of methoxy groups -OCH3 is 3.